The summed E-state index contributed by atoms with van der Waals surface area (Å²) in [7, 11) is 1.39. The number of methoxy groups -OCH3 is 1. The van der Waals surface area contributed by atoms with Crippen LogP contribution in [-0.2, 0) is 21.7 Å². The molecule has 1 aromatic heterocycles. The monoisotopic (exact) mass is 593 g/mol. The van der Waals surface area contributed by atoms with Crippen molar-refractivity contribution in [2.75, 3.05) is 7.11 Å². The van der Waals surface area contributed by atoms with Gasteiger partial charge in [0.15, 0.2) is 6.04 Å². The fourth-order valence-corrected chi connectivity index (χ4v) is 6.68. The van der Waals surface area contributed by atoms with Gasteiger partial charge in [0.05, 0.1) is 29.8 Å². The Hall–Kier alpha value is -2.70. The number of ether oxygens (including phenoxy) is 1. The number of esters is 1. The van der Waals surface area contributed by atoms with Crippen molar-refractivity contribution in [3.8, 4) is 0 Å². The van der Waals surface area contributed by atoms with Gasteiger partial charge in [0.1, 0.15) is 4.38 Å². The van der Waals surface area contributed by atoms with Crippen molar-refractivity contribution in [1.82, 2.24) is 4.98 Å². The molecule has 0 bridgehead atoms. The van der Waals surface area contributed by atoms with Crippen LogP contribution in [0.5, 0.6) is 0 Å². The SMILES string of the molecule is COC(=O)C(Cc1cccc(CSC2=NC3C=C(Cl)C=CC3S2)n1)N=C(c1ccccc1)c1ccccc1.P. The zero-order chi connectivity index (χ0) is 26.3. The van der Waals surface area contributed by atoms with Gasteiger partial charge >= 0.3 is 5.97 Å². The van der Waals surface area contributed by atoms with E-state index in [-0.39, 0.29) is 15.9 Å². The Kier molecular flexibility index (Phi) is 10.6. The Balaban J connectivity index is 0.00000353. The Bertz CT molecular complexity index is 1370. The van der Waals surface area contributed by atoms with Crippen LogP contribution < -0.4 is 0 Å². The number of rotatable bonds is 8. The van der Waals surface area contributed by atoms with E-state index in [1.807, 2.05) is 91.0 Å². The van der Waals surface area contributed by atoms with Crippen LogP contribution >= 0.6 is 45.0 Å². The fourth-order valence-electron chi connectivity index (χ4n) is 4.21. The molecule has 9 heteroatoms. The van der Waals surface area contributed by atoms with Crippen molar-refractivity contribution >= 4 is 61.1 Å². The zero-order valence-electron chi connectivity index (χ0n) is 21.4. The standard InChI is InChI=1S/C30H26ClN3O2S2.H3P/c1-36-29(35)26(33-28(20-9-4-2-5-10-20)21-11-6-3-7-12-21)18-23-13-8-14-24(32-23)19-37-30-34-25-17-22(31)15-16-27(25)38-30;/h2-17,25-27H,18-19H2,1H3;1H3. The van der Waals surface area contributed by atoms with Gasteiger partial charge in [-0.2, -0.15) is 9.90 Å². The third-order valence-corrected chi connectivity index (χ3v) is 8.77. The van der Waals surface area contributed by atoms with Crippen LogP contribution in [0, 0.1) is 0 Å². The Morgan fingerprint density at radius 2 is 1.69 bits per heavy atom. The van der Waals surface area contributed by atoms with Crippen molar-refractivity contribution < 1.29 is 9.53 Å². The van der Waals surface area contributed by atoms with E-state index >= 15 is 0 Å². The summed E-state index contributed by atoms with van der Waals surface area (Å²) in [6.45, 7) is 0. The van der Waals surface area contributed by atoms with Gasteiger partial charge in [-0.3, -0.25) is 15.0 Å². The van der Waals surface area contributed by atoms with Gasteiger partial charge in [-0.15, -0.1) is 0 Å². The topological polar surface area (TPSA) is 63.9 Å². The molecule has 0 N–H and O–H groups in total. The normalized spacial score (nSPS) is 18.2. The van der Waals surface area contributed by atoms with Crippen LogP contribution in [-0.4, -0.2) is 45.5 Å². The highest BCUT2D eigenvalue weighted by Crippen LogP contribution is 2.38. The maximum Gasteiger partial charge on any atom is 0.331 e. The highest BCUT2D eigenvalue weighted by Gasteiger charge is 2.29. The predicted molar refractivity (Wildman–Crippen MR) is 170 cm³/mol. The summed E-state index contributed by atoms with van der Waals surface area (Å²) in [5, 5.41) is 1.04. The molecule has 39 heavy (non-hydrogen) atoms. The number of aliphatic imine (C=N–C) groups is 2. The van der Waals surface area contributed by atoms with E-state index < -0.39 is 12.0 Å². The molecule has 4 atom stereocenters. The van der Waals surface area contributed by atoms with Gasteiger partial charge in [-0.05, 0) is 24.3 Å². The first-order valence-electron chi connectivity index (χ1n) is 12.2. The molecule has 4 unspecified atom stereocenters. The minimum Gasteiger partial charge on any atom is -0.467 e. The summed E-state index contributed by atoms with van der Waals surface area (Å²) in [6.07, 6.45) is 6.38. The molecule has 2 aromatic carbocycles. The highest BCUT2D eigenvalue weighted by atomic mass is 35.5. The highest BCUT2D eigenvalue weighted by molar-refractivity contribution is 8.39. The number of allylic oxidation sites excluding steroid dienone is 2. The molecule has 0 saturated heterocycles. The van der Waals surface area contributed by atoms with E-state index in [9.17, 15) is 4.79 Å². The number of fused-ring (bicyclic) bond motifs is 1. The number of carbonyl (C=O) groups excluding carboxylic acids is 1. The third-order valence-electron chi connectivity index (χ3n) is 6.07. The van der Waals surface area contributed by atoms with Gasteiger partial charge in [0, 0.05) is 34.0 Å². The molecule has 1 aliphatic carbocycles. The largest absolute Gasteiger partial charge is 0.467 e. The number of halogens is 1. The molecule has 1 aliphatic heterocycles. The molecule has 2 heterocycles. The first kappa shape index (κ1) is 29.3. The molecule has 0 amide bonds. The number of hydrogen-bond acceptors (Lipinski definition) is 7. The smallest absolute Gasteiger partial charge is 0.331 e. The van der Waals surface area contributed by atoms with E-state index in [0.717, 1.165) is 37.6 Å². The van der Waals surface area contributed by atoms with Crippen molar-refractivity contribution in [1.29, 1.82) is 0 Å². The van der Waals surface area contributed by atoms with Crippen molar-refractivity contribution in [2.24, 2.45) is 9.98 Å². The van der Waals surface area contributed by atoms with E-state index in [1.165, 1.54) is 7.11 Å². The van der Waals surface area contributed by atoms with Crippen LogP contribution in [0.1, 0.15) is 22.5 Å². The van der Waals surface area contributed by atoms with Crippen molar-refractivity contribution in [2.45, 2.75) is 29.5 Å². The van der Waals surface area contributed by atoms with E-state index in [4.69, 9.17) is 31.3 Å². The van der Waals surface area contributed by atoms with Crippen LogP contribution in [0.4, 0.5) is 0 Å². The second-order valence-corrected chi connectivity index (χ2v) is 11.6. The number of aromatic nitrogens is 1. The summed E-state index contributed by atoms with van der Waals surface area (Å²) in [5.41, 5.74) is 4.33. The van der Waals surface area contributed by atoms with E-state index in [2.05, 4.69) is 6.08 Å². The number of hydrogen-bond donors (Lipinski definition) is 0. The Morgan fingerprint density at radius 3 is 2.36 bits per heavy atom. The summed E-state index contributed by atoms with van der Waals surface area (Å²) < 4.78 is 6.17. The molecule has 5 rings (SSSR count). The summed E-state index contributed by atoms with van der Waals surface area (Å²) in [5.74, 6) is 0.293. The Morgan fingerprint density at radius 1 is 1.03 bits per heavy atom. The second kappa shape index (κ2) is 14.1. The Labute approximate surface area is 245 Å². The minimum absolute atomic E-state index is 0. The summed E-state index contributed by atoms with van der Waals surface area (Å²) >= 11 is 9.56. The molecule has 200 valence electrons. The average molecular weight is 594 g/mol. The minimum atomic E-state index is -0.730. The van der Waals surface area contributed by atoms with Crippen LogP contribution in [0.2, 0.25) is 0 Å². The number of carbonyl (C=O) groups is 1. The summed E-state index contributed by atoms with van der Waals surface area (Å²) in [4.78, 5) is 27.4. The predicted octanol–water partition coefficient (Wildman–Crippen LogP) is 6.53. The van der Waals surface area contributed by atoms with Gasteiger partial charge in [0.2, 0.25) is 0 Å². The molecule has 3 aromatic rings. The lowest BCUT2D eigenvalue weighted by molar-refractivity contribution is -0.142. The number of pyridine rings is 1. The van der Waals surface area contributed by atoms with Crippen LogP contribution in [0.25, 0.3) is 0 Å². The molecule has 0 fully saturated rings. The first-order chi connectivity index (χ1) is 18.6. The number of nitrogens with zero attached hydrogens (tertiary/aromatic N) is 3. The van der Waals surface area contributed by atoms with Crippen molar-refractivity contribution in [3.63, 3.8) is 0 Å². The quantitative estimate of drug-likeness (QED) is 0.169. The lowest BCUT2D eigenvalue weighted by Crippen LogP contribution is -2.25. The molecular formula is C30H29ClN3O2PS2. The zero-order valence-corrected chi connectivity index (χ0v) is 25.2. The van der Waals surface area contributed by atoms with Gasteiger partial charge in [-0.1, -0.05) is 108 Å². The van der Waals surface area contributed by atoms with E-state index in [1.54, 1.807) is 23.5 Å². The fraction of sp³-hybridized carbons (Fsp3) is 0.200. The van der Waals surface area contributed by atoms with Crippen LogP contribution in [0.3, 0.4) is 0 Å². The molecule has 5 nitrogen and oxygen atoms in total. The molecule has 0 spiro atoms. The lowest BCUT2D eigenvalue weighted by Gasteiger charge is -2.15. The number of thioether (sulfide) groups is 2. The van der Waals surface area contributed by atoms with E-state index in [0.29, 0.717) is 17.4 Å². The van der Waals surface area contributed by atoms with Crippen molar-refractivity contribution in [3.05, 3.63) is 125 Å². The number of benzene rings is 2. The maximum atomic E-state index is 12.8. The third kappa shape index (κ3) is 7.70. The van der Waals surface area contributed by atoms with Crippen LogP contribution in [0.15, 0.2) is 112 Å². The second-order valence-electron chi connectivity index (χ2n) is 8.74. The lowest BCUT2D eigenvalue weighted by atomic mass is 10.0. The van der Waals surface area contributed by atoms with Gasteiger partial charge in [-0.25, -0.2) is 4.79 Å². The molecular weight excluding hydrogens is 565 g/mol. The van der Waals surface area contributed by atoms with Gasteiger partial charge < -0.3 is 4.74 Å². The molecule has 0 saturated carbocycles. The summed E-state index contributed by atoms with van der Waals surface area (Å²) in [6, 6.07) is 25.0. The average Bonchev–Trinajstić information content (AvgIpc) is 3.37. The molecule has 2 aliphatic rings. The maximum absolute atomic E-state index is 12.8. The van der Waals surface area contributed by atoms with Gasteiger partial charge in [0.25, 0.3) is 0 Å². The first-order valence-corrected chi connectivity index (χ1v) is 14.5. The molecule has 0 radical (unpaired) electrons.